The number of thiophene rings is 1. The first-order valence-corrected chi connectivity index (χ1v) is 7.51. The number of carbonyl (C=O) groups excluding carboxylic acids is 1. The summed E-state index contributed by atoms with van der Waals surface area (Å²) in [7, 11) is 0. The van der Waals surface area contributed by atoms with Crippen molar-refractivity contribution < 1.29 is 27.8 Å². The molecule has 1 aromatic heterocycles. The third-order valence-corrected chi connectivity index (χ3v) is 4.56. The van der Waals surface area contributed by atoms with E-state index < -0.39 is 34.8 Å². The van der Waals surface area contributed by atoms with Crippen molar-refractivity contribution in [3.63, 3.8) is 0 Å². The lowest BCUT2D eigenvalue weighted by Gasteiger charge is -2.18. The van der Waals surface area contributed by atoms with Gasteiger partial charge in [-0.1, -0.05) is 11.6 Å². The zero-order valence-electron chi connectivity index (χ0n) is 11.5. The average molecular weight is 361 g/mol. The Morgan fingerprint density at radius 3 is 2.43 bits per heavy atom. The fourth-order valence-electron chi connectivity index (χ4n) is 2.38. The molecule has 1 atom stereocenters. The summed E-state index contributed by atoms with van der Waals surface area (Å²) in [6.07, 6.45) is 0. The van der Waals surface area contributed by atoms with E-state index in [4.69, 9.17) is 16.3 Å². The van der Waals surface area contributed by atoms with Crippen molar-refractivity contribution in [1.29, 1.82) is 0 Å². The van der Waals surface area contributed by atoms with Gasteiger partial charge in [-0.25, -0.2) is 18.0 Å². The molecule has 2 heterocycles. The first-order valence-electron chi connectivity index (χ1n) is 6.32. The van der Waals surface area contributed by atoms with E-state index in [2.05, 4.69) is 0 Å². The van der Waals surface area contributed by atoms with Crippen LogP contribution in [0.1, 0.15) is 17.4 Å². The molecule has 8 heteroatoms. The number of esters is 1. The van der Waals surface area contributed by atoms with Crippen molar-refractivity contribution >= 4 is 40.1 Å². The summed E-state index contributed by atoms with van der Waals surface area (Å²) in [6.45, 7) is 1.19. The lowest BCUT2D eigenvalue weighted by atomic mass is 9.96. The van der Waals surface area contributed by atoms with Crippen molar-refractivity contribution in [2.75, 3.05) is 0 Å². The molecule has 0 saturated heterocycles. The molecule has 120 valence electrons. The maximum Gasteiger partial charge on any atom is 0.342 e. The minimum atomic E-state index is -2.04. The molecule has 0 aliphatic carbocycles. The molecule has 1 aromatic carbocycles. The van der Waals surface area contributed by atoms with Crippen LogP contribution in [0.15, 0.2) is 24.3 Å². The van der Waals surface area contributed by atoms with E-state index in [-0.39, 0.29) is 11.1 Å². The molecule has 1 aliphatic heterocycles. The SMILES string of the molecule is CC1(O)OC(=O)C(c2cc(F)c(F)cc2F)=C1c1ccc(Cl)s1. The van der Waals surface area contributed by atoms with Gasteiger partial charge in [0.1, 0.15) is 5.82 Å². The van der Waals surface area contributed by atoms with E-state index in [1.807, 2.05) is 0 Å². The number of aliphatic hydroxyl groups is 1. The molecule has 0 saturated carbocycles. The number of rotatable bonds is 2. The van der Waals surface area contributed by atoms with E-state index in [1.165, 1.54) is 19.1 Å². The summed E-state index contributed by atoms with van der Waals surface area (Å²) in [5.41, 5.74) is -0.916. The van der Waals surface area contributed by atoms with Crippen LogP contribution in [-0.2, 0) is 9.53 Å². The molecule has 0 fully saturated rings. The van der Waals surface area contributed by atoms with Crippen molar-refractivity contribution in [1.82, 2.24) is 0 Å². The zero-order chi connectivity index (χ0) is 16.9. The summed E-state index contributed by atoms with van der Waals surface area (Å²) in [6, 6.07) is 3.91. The molecule has 3 rings (SSSR count). The molecule has 3 nitrogen and oxygen atoms in total. The topological polar surface area (TPSA) is 46.5 Å². The number of hydrogen-bond acceptors (Lipinski definition) is 4. The summed E-state index contributed by atoms with van der Waals surface area (Å²) >= 11 is 6.87. The molecule has 0 spiro atoms. The van der Waals surface area contributed by atoms with Crippen LogP contribution in [0, 0.1) is 17.5 Å². The maximum atomic E-state index is 14.0. The lowest BCUT2D eigenvalue weighted by Crippen LogP contribution is -2.25. The van der Waals surface area contributed by atoms with Gasteiger partial charge >= 0.3 is 5.97 Å². The van der Waals surface area contributed by atoms with Crippen LogP contribution in [-0.4, -0.2) is 16.9 Å². The molecule has 1 N–H and O–H groups in total. The normalized spacial score (nSPS) is 21.0. The number of cyclic esters (lactones) is 1. The second-order valence-electron chi connectivity index (χ2n) is 4.97. The number of halogens is 4. The van der Waals surface area contributed by atoms with Crippen LogP contribution in [0.4, 0.5) is 13.2 Å². The summed E-state index contributed by atoms with van der Waals surface area (Å²) in [5.74, 6) is -6.94. The highest BCUT2D eigenvalue weighted by Gasteiger charge is 2.45. The van der Waals surface area contributed by atoms with E-state index in [9.17, 15) is 23.1 Å². The number of benzene rings is 1. The van der Waals surface area contributed by atoms with E-state index in [1.54, 1.807) is 0 Å². The Balaban J connectivity index is 2.32. The van der Waals surface area contributed by atoms with Gasteiger partial charge in [-0.3, -0.25) is 0 Å². The van der Waals surface area contributed by atoms with Gasteiger partial charge in [0.05, 0.1) is 15.5 Å². The Kier molecular flexibility index (Phi) is 3.74. The Morgan fingerprint density at radius 2 is 1.83 bits per heavy atom. The number of ether oxygens (including phenoxy) is 1. The highest BCUT2D eigenvalue weighted by atomic mass is 35.5. The van der Waals surface area contributed by atoms with Crippen LogP contribution in [0.3, 0.4) is 0 Å². The molecule has 2 aromatic rings. The van der Waals surface area contributed by atoms with Crippen molar-refractivity contribution in [3.05, 3.63) is 56.5 Å². The lowest BCUT2D eigenvalue weighted by molar-refractivity contribution is -0.169. The van der Waals surface area contributed by atoms with Crippen LogP contribution in [0.25, 0.3) is 11.1 Å². The van der Waals surface area contributed by atoms with Gasteiger partial charge < -0.3 is 9.84 Å². The second kappa shape index (κ2) is 5.36. The third kappa shape index (κ3) is 2.65. The molecule has 1 aliphatic rings. The molecule has 0 radical (unpaired) electrons. The van der Waals surface area contributed by atoms with Gasteiger partial charge in [0.15, 0.2) is 11.6 Å². The molecular formula is C15H8ClF3O3S. The van der Waals surface area contributed by atoms with Gasteiger partial charge in [-0.05, 0) is 18.2 Å². The monoisotopic (exact) mass is 360 g/mol. The van der Waals surface area contributed by atoms with Crippen LogP contribution in [0.2, 0.25) is 4.34 Å². The number of hydrogen-bond donors (Lipinski definition) is 1. The molecule has 23 heavy (non-hydrogen) atoms. The van der Waals surface area contributed by atoms with Crippen molar-refractivity contribution in [3.8, 4) is 0 Å². The fourth-order valence-corrected chi connectivity index (χ4v) is 3.56. The summed E-state index contributed by atoms with van der Waals surface area (Å²) < 4.78 is 45.8. The maximum absolute atomic E-state index is 14.0. The Hall–Kier alpha value is -1.83. The first-order chi connectivity index (χ1) is 10.7. The largest absolute Gasteiger partial charge is 0.425 e. The van der Waals surface area contributed by atoms with Crippen LogP contribution < -0.4 is 0 Å². The van der Waals surface area contributed by atoms with Gasteiger partial charge in [0.25, 0.3) is 0 Å². The minimum absolute atomic E-state index is 0.0516. The number of carbonyl (C=O) groups is 1. The van der Waals surface area contributed by atoms with Crippen LogP contribution >= 0.6 is 22.9 Å². The first kappa shape index (κ1) is 16.0. The van der Waals surface area contributed by atoms with E-state index in [0.717, 1.165) is 11.3 Å². The summed E-state index contributed by atoms with van der Waals surface area (Å²) in [4.78, 5) is 12.4. The van der Waals surface area contributed by atoms with E-state index in [0.29, 0.717) is 21.3 Å². The predicted octanol–water partition coefficient (Wildman–Crippen LogP) is 3.99. The van der Waals surface area contributed by atoms with Gasteiger partial charge in [-0.2, -0.15) is 0 Å². The smallest absolute Gasteiger partial charge is 0.342 e. The van der Waals surface area contributed by atoms with Gasteiger partial charge in [0.2, 0.25) is 5.79 Å². The Morgan fingerprint density at radius 1 is 1.17 bits per heavy atom. The van der Waals surface area contributed by atoms with Crippen molar-refractivity contribution in [2.24, 2.45) is 0 Å². The Bertz CT molecular complexity index is 858. The average Bonchev–Trinajstić information content (AvgIpc) is 2.94. The quantitative estimate of drug-likeness (QED) is 0.650. The van der Waals surface area contributed by atoms with Gasteiger partial charge in [-0.15, -0.1) is 11.3 Å². The zero-order valence-corrected chi connectivity index (χ0v) is 13.1. The molecule has 0 amide bonds. The highest BCUT2D eigenvalue weighted by Crippen LogP contribution is 2.45. The highest BCUT2D eigenvalue weighted by molar-refractivity contribution is 7.17. The van der Waals surface area contributed by atoms with Crippen LogP contribution in [0.5, 0.6) is 0 Å². The third-order valence-electron chi connectivity index (χ3n) is 3.31. The molecule has 0 bridgehead atoms. The summed E-state index contributed by atoms with van der Waals surface area (Å²) in [5, 5.41) is 10.3. The fraction of sp³-hybridized carbons (Fsp3) is 0.133. The van der Waals surface area contributed by atoms with Crippen molar-refractivity contribution in [2.45, 2.75) is 12.7 Å². The minimum Gasteiger partial charge on any atom is -0.425 e. The molecule has 1 unspecified atom stereocenters. The van der Waals surface area contributed by atoms with E-state index >= 15 is 0 Å². The molecular weight excluding hydrogens is 353 g/mol. The predicted molar refractivity (Wildman–Crippen MR) is 79.2 cm³/mol. The van der Waals surface area contributed by atoms with Gasteiger partial charge in [0, 0.05) is 23.4 Å². The second-order valence-corrected chi connectivity index (χ2v) is 6.69. The Labute approximate surface area is 137 Å². The standard InChI is InChI=1S/C15H8ClF3O3S/c1-15(21)13(10-2-3-11(16)23-10)12(14(20)22-15)6-4-8(18)9(19)5-7(6)17/h2-5,21H,1H3.